The van der Waals surface area contributed by atoms with E-state index in [4.69, 9.17) is 0 Å². The molecule has 1 aromatic heterocycles. The van der Waals surface area contributed by atoms with Crippen LogP contribution < -0.4 is 5.69 Å². The van der Waals surface area contributed by atoms with Crippen molar-refractivity contribution in [3.05, 3.63) is 69.6 Å². The van der Waals surface area contributed by atoms with Crippen LogP contribution in [-0.2, 0) is 0 Å². The van der Waals surface area contributed by atoms with E-state index in [9.17, 15) is 9.90 Å². The highest BCUT2D eigenvalue weighted by Crippen LogP contribution is 2.25. The van der Waals surface area contributed by atoms with Crippen molar-refractivity contribution in [2.24, 2.45) is 0 Å². The number of H-pyrrole nitrogens is 2. The fraction of sp³-hybridized carbons (Fsp3) is 0.235. The van der Waals surface area contributed by atoms with Gasteiger partial charge in [-0.15, -0.1) is 0 Å². The molecule has 0 amide bonds. The molecule has 1 atom stereocenters. The molecule has 0 bridgehead atoms. The topological polar surface area (TPSA) is 68.9 Å². The van der Waals surface area contributed by atoms with E-state index in [0.717, 1.165) is 16.6 Å². The number of aromatic nitrogens is 2. The standard InChI is InChI=1S/C17H18N2O2/c1-10(2)11-3-5-12(6-4-11)16(20)13-7-8-14-15(9-13)19-17(21)18-14/h3-10,16,20H,1-2H3,(H2,18,19,21). The predicted octanol–water partition coefficient (Wildman–Crippen LogP) is 3.06. The first kappa shape index (κ1) is 13.6. The minimum Gasteiger partial charge on any atom is -0.384 e. The van der Waals surface area contributed by atoms with Gasteiger partial charge in [0.2, 0.25) is 0 Å². The zero-order valence-corrected chi connectivity index (χ0v) is 12.1. The second-order valence-electron chi connectivity index (χ2n) is 5.61. The molecule has 1 unspecified atom stereocenters. The van der Waals surface area contributed by atoms with E-state index in [1.54, 1.807) is 12.1 Å². The molecule has 0 spiro atoms. The van der Waals surface area contributed by atoms with Gasteiger partial charge in [-0.1, -0.05) is 44.2 Å². The van der Waals surface area contributed by atoms with Crippen LogP contribution in [0.5, 0.6) is 0 Å². The summed E-state index contributed by atoms with van der Waals surface area (Å²) >= 11 is 0. The summed E-state index contributed by atoms with van der Waals surface area (Å²) in [5.41, 5.74) is 4.06. The van der Waals surface area contributed by atoms with E-state index in [1.807, 2.05) is 30.3 Å². The Hall–Kier alpha value is -2.33. The van der Waals surface area contributed by atoms with Crippen molar-refractivity contribution in [3.8, 4) is 0 Å². The average Bonchev–Trinajstić information content (AvgIpc) is 2.85. The molecule has 3 rings (SSSR count). The first-order chi connectivity index (χ1) is 10.0. The molecule has 0 saturated carbocycles. The Morgan fingerprint density at radius 2 is 1.43 bits per heavy atom. The van der Waals surface area contributed by atoms with Gasteiger partial charge < -0.3 is 15.1 Å². The minimum atomic E-state index is -0.700. The lowest BCUT2D eigenvalue weighted by molar-refractivity contribution is 0.220. The third-order valence-corrected chi connectivity index (χ3v) is 3.77. The van der Waals surface area contributed by atoms with Crippen LogP contribution in [0.4, 0.5) is 0 Å². The first-order valence-electron chi connectivity index (χ1n) is 7.04. The summed E-state index contributed by atoms with van der Waals surface area (Å²) in [5, 5.41) is 10.5. The lowest BCUT2D eigenvalue weighted by Crippen LogP contribution is -2.00. The van der Waals surface area contributed by atoms with Crippen molar-refractivity contribution in [1.82, 2.24) is 9.97 Å². The van der Waals surface area contributed by atoms with Crippen molar-refractivity contribution in [3.63, 3.8) is 0 Å². The summed E-state index contributed by atoms with van der Waals surface area (Å²) in [6.45, 7) is 4.28. The second-order valence-corrected chi connectivity index (χ2v) is 5.61. The number of nitrogens with one attached hydrogen (secondary N) is 2. The molecular weight excluding hydrogens is 264 g/mol. The van der Waals surface area contributed by atoms with Crippen LogP contribution in [0.3, 0.4) is 0 Å². The highest BCUT2D eigenvalue weighted by molar-refractivity contribution is 5.75. The van der Waals surface area contributed by atoms with Crippen LogP contribution in [0, 0.1) is 0 Å². The maximum Gasteiger partial charge on any atom is 0.323 e. The Kier molecular flexibility index (Phi) is 3.39. The van der Waals surface area contributed by atoms with Gasteiger partial charge in [0.15, 0.2) is 0 Å². The van der Waals surface area contributed by atoms with Gasteiger partial charge in [-0.25, -0.2) is 4.79 Å². The molecule has 0 aliphatic heterocycles. The van der Waals surface area contributed by atoms with Crippen molar-refractivity contribution in [1.29, 1.82) is 0 Å². The van der Waals surface area contributed by atoms with E-state index in [1.165, 1.54) is 5.56 Å². The van der Waals surface area contributed by atoms with E-state index in [0.29, 0.717) is 11.4 Å². The summed E-state index contributed by atoms with van der Waals surface area (Å²) in [4.78, 5) is 16.7. The molecule has 4 heteroatoms. The van der Waals surface area contributed by atoms with Crippen LogP contribution in [0.25, 0.3) is 11.0 Å². The highest BCUT2D eigenvalue weighted by Gasteiger charge is 2.12. The van der Waals surface area contributed by atoms with Crippen LogP contribution >= 0.6 is 0 Å². The zero-order chi connectivity index (χ0) is 15.0. The number of aliphatic hydroxyl groups excluding tert-OH is 1. The monoisotopic (exact) mass is 282 g/mol. The van der Waals surface area contributed by atoms with E-state index < -0.39 is 6.10 Å². The Balaban J connectivity index is 1.95. The SMILES string of the molecule is CC(C)c1ccc(C(O)c2ccc3[nH]c(=O)[nH]c3c2)cc1. The number of fused-ring (bicyclic) bond motifs is 1. The van der Waals surface area contributed by atoms with Gasteiger partial charge in [-0.05, 0) is 34.7 Å². The van der Waals surface area contributed by atoms with Gasteiger partial charge in [0.1, 0.15) is 6.10 Å². The van der Waals surface area contributed by atoms with Gasteiger partial charge in [-0.3, -0.25) is 0 Å². The molecule has 0 radical (unpaired) electrons. The number of hydrogen-bond donors (Lipinski definition) is 3. The van der Waals surface area contributed by atoms with Crippen molar-refractivity contribution in [2.75, 3.05) is 0 Å². The van der Waals surface area contributed by atoms with E-state index in [-0.39, 0.29) is 5.69 Å². The Labute approximate surface area is 122 Å². The number of aromatic amines is 2. The molecule has 0 saturated heterocycles. The summed E-state index contributed by atoms with van der Waals surface area (Å²) in [6.07, 6.45) is -0.700. The normalized spacial score (nSPS) is 13.0. The van der Waals surface area contributed by atoms with Gasteiger partial charge in [0.05, 0.1) is 11.0 Å². The molecule has 0 fully saturated rings. The Morgan fingerprint density at radius 1 is 0.857 bits per heavy atom. The van der Waals surface area contributed by atoms with Crippen molar-refractivity contribution in [2.45, 2.75) is 25.9 Å². The maximum absolute atomic E-state index is 11.3. The molecule has 2 aromatic carbocycles. The maximum atomic E-state index is 11.3. The fourth-order valence-corrected chi connectivity index (χ4v) is 2.48. The molecule has 3 aromatic rings. The smallest absolute Gasteiger partial charge is 0.323 e. The minimum absolute atomic E-state index is 0.238. The summed E-state index contributed by atoms with van der Waals surface area (Å²) in [6, 6.07) is 13.4. The van der Waals surface area contributed by atoms with E-state index >= 15 is 0 Å². The van der Waals surface area contributed by atoms with Gasteiger partial charge in [-0.2, -0.15) is 0 Å². The van der Waals surface area contributed by atoms with Crippen LogP contribution in [0.15, 0.2) is 47.3 Å². The number of rotatable bonds is 3. The molecule has 21 heavy (non-hydrogen) atoms. The van der Waals surface area contributed by atoms with E-state index in [2.05, 4.69) is 23.8 Å². The average molecular weight is 282 g/mol. The van der Waals surface area contributed by atoms with Crippen LogP contribution in [0.1, 0.15) is 42.6 Å². The Morgan fingerprint density at radius 3 is 2.10 bits per heavy atom. The van der Waals surface area contributed by atoms with Crippen molar-refractivity contribution < 1.29 is 5.11 Å². The van der Waals surface area contributed by atoms with Gasteiger partial charge in [0, 0.05) is 0 Å². The lowest BCUT2D eigenvalue weighted by atomic mass is 9.97. The lowest BCUT2D eigenvalue weighted by Gasteiger charge is -2.13. The third-order valence-electron chi connectivity index (χ3n) is 3.77. The number of imidazole rings is 1. The highest BCUT2D eigenvalue weighted by atomic mass is 16.3. The fourth-order valence-electron chi connectivity index (χ4n) is 2.48. The Bertz CT molecular complexity index is 813. The molecule has 0 aliphatic rings. The van der Waals surface area contributed by atoms with Gasteiger partial charge in [0.25, 0.3) is 0 Å². The second kappa shape index (κ2) is 5.22. The molecule has 0 aliphatic carbocycles. The zero-order valence-electron chi connectivity index (χ0n) is 12.1. The van der Waals surface area contributed by atoms with Crippen molar-refractivity contribution >= 4 is 11.0 Å². The molecule has 1 heterocycles. The quantitative estimate of drug-likeness (QED) is 0.691. The number of benzene rings is 2. The summed E-state index contributed by atoms with van der Waals surface area (Å²) < 4.78 is 0. The molecule has 3 N–H and O–H groups in total. The summed E-state index contributed by atoms with van der Waals surface area (Å²) in [7, 11) is 0. The van der Waals surface area contributed by atoms with Crippen LogP contribution in [-0.4, -0.2) is 15.1 Å². The molecular formula is C17H18N2O2. The third kappa shape index (κ3) is 2.62. The number of hydrogen-bond acceptors (Lipinski definition) is 2. The molecule has 4 nitrogen and oxygen atoms in total. The number of aliphatic hydroxyl groups is 1. The summed E-state index contributed by atoms with van der Waals surface area (Å²) in [5.74, 6) is 0.470. The van der Waals surface area contributed by atoms with Gasteiger partial charge >= 0.3 is 5.69 Å². The predicted molar refractivity (Wildman–Crippen MR) is 83.5 cm³/mol. The van der Waals surface area contributed by atoms with Crippen LogP contribution in [0.2, 0.25) is 0 Å². The first-order valence-corrected chi connectivity index (χ1v) is 7.04. The largest absolute Gasteiger partial charge is 0.384 e. The molecule has 108 valence electrons.